The van der Waals surface area contributed by atoms with E-state index in [2.05, 4.69) is 27.2 Å². The van der Waals surface area contributed by atoms with Gasteiger partial charge in [-0.1, -0.05) is 5.16 Å². The number of nitrogens with zero attached hydrogens (tertiary/aromatic N) is 5. The number of hydrogen-bond donors (Lipinski definition) is 1. The molecule has 0 aliphatic carbocycles. The lowest BCUT2D eigenvalue weighted by atomic mass is 10.2. The minimum Gasteiger partial charge on any atom is -0.383 e. The summed E-state index contributed by atoms with van der Waals surface area (Å²) < 4.78 is 36.8. The molecule has 3 rings (SSSR count). The quantitative estimate of drug-likeness (QED) is 0.265. The summed E-state index contributed by atoms with van der Waals surface area (Å²) in [5.74, 6) is 0.737. The molecule has 12 heteroatoms. The normalized spacial score (nSPS) is 21.3. The second kappa shape index (κ2) is 12.9. The van der Waals surface area contributed by atoms with Crippen molar-refractivity contribution in [1.29, 1.82) is 0 Å². The fourth-order valence-electron chi connectivity index (χ4n) is 3.99. The number of guanidine groups is 1. The number of likely N-dealkylation sites (tertiary alicyclic amines) is 1. The van der Waals surface area contributed by atoms with Crippen LogP contribution in [0.4, 0.5) is 0 Å². The van der Waals surface area contributed by atoms with Gasteiger partial charge in [-0.25, -0.2) is 8.42 Å². The van der Waals surface area contributed by atoms with Crippen molar-refractivity contribution < 1.29 is 17.7 Å². The highest BCUT2D eigenvalue weighted by molar-refractivity contribution is 14.0. The van der Waals surface area contributed by atoms with Gasteiger partial charge in [0.1, 0.15) is 12.0 Å². The van der Waals surface area contributed by atoms with Crippen molar-refractivity contribution >= 4 is 40.0 Å². The molecule has 1 aromatic heterocycles. The lowest BCUT2D eigenvalue weighted by Crippen LogP contribution is -2.54. The second-order valence-corrected chi connectivity index (χ2v) is 9.62. The van der Waals surface area contributed by atoms with Crippen molar-refractivity contribution in [3.8, 4) is 0 Å². The molecular formula is C19H35IN6O4S. The van der Waals surface area contributed by atoms with Gasteiger partial charge in [-0.2, -0.15) is 4.31 Å². The third kappa shape index (κ3) is 7.55. The van der Waals surface area contributed by atoms with E-state index in [1.165, 1.54) is 17.0 Å². The van der Waals surface area contributed by atoms with Gasteiger partial charge in [0.15, 0.2) is 5.96 Å². The van der Waals surface area contributed by atoms with E-state index in [0.717, 1.165) is 45.2 Å². The van der Waals surface area contributed by atoms with Gasteiger partial charge >= 0.3 is 0 Å². The Bertz CT molecular complexity index is 768. The molecule has 0 saturated carbocycles. The van der Waals surface area contributed by atoms with Gasteiger partial charge < -0.3 is 19.5 Å². The molecule has 1 unspecified atom stereocenters. The van der Waals surface area contributed by atoms with Crippen LogP contribution in [0.15, 0.2) is 21.8 Å². The van der Waals surface area contributed by atoms with Crippen LogP contribution in [0.5, 0.6) is 0 Å². The molecule has 1 atom stereocenters. The summed E-state index contributed by atoms with van der Waals surface area (Å²) in [6.07, 6.45) is 3.74. The molecule has 3 heterocycles. The Kier molecular flexibility index (Phi) is 11.0. The minimum absolute atomic E-state index is 0. The summed E-state index contributed by atoms with van der Waals surface area (Å²) in [5, 5.41) is 7.08. The van der Waals surface area contributed by atoms with Gasteiger partial charge in [0.2, 0.25) is 10.0 Å². The van der Waals surface area contributed by atoms with Crippen LogP contribution in [-0.2, 0) is 20.5 Å². The van der Waals surface area contributed by atoms with Crippen molar-refractivity contribution in [3.63, 3.8) is 0 Å². The summed E-state index contributed by atoms with van der Waals surface area (Å²) in [7, 11) is -1.67. The van der Waals surface area contributed by atoms with E-state index < -0.39 is 10.0 Å². The molecule has 31 heavy (non-hydrogen) atoms. The number of ether oxygens (including phenoxy) is 1. The number of aromatic nitrogens is 1. The number of rotatable bonds is 9. The molecule has 1 N–H and O–H groups in total. The molecule has 0 bridgehead atoms. The molecule has 1 aromatic rings. The van der Waals surface area contributed by atoms with Crippen LogP contribution >= 0.6 is 24.0 Å². The first kappa shape index (κ1) is 26.3. The summed E-state index contributed by atoms with van der Waals surface area (Å²) in [4.78, 5) is 9.49. The number of piperazine rings is 1. The van der Waals surface area contributed by atoms with Crippen molar-refractivity contribution in [1.82, 2.24) is 24.6 Å². The average molecular weight is 570 g/mol. The van der Waals surface area contributed by atoms with Crippen LogP contribution in [0.25, 0.3) is 0 Å². The molecule has 0 radical (unpaired) electrons. The van der Waals surface area contributed by atoms with Gasteiger partial charge in [-0.05, 0) is 26.3 Å². The van der Waals surface area contributed by atoms with Crippen LogP contribution in [0.1, 0.15) is 25.5 Å². The maximum absolute atomic E-state index is 12.6. The first-order valence-electron chi connectivity index (χ1n) is 10.7. The summed E-state index contributed by atoms with van der Waals surface area (Å²) >= 11 is 0. The van der Waals surface area contributed by atoms with Gasteiger partial charge in [0.25, 0.3) is 0 Å². The van der Waals surface area contributed by atoms with Crippen LogP contribution in [0.3, 0.4) is 0 Å². The molecule has 2 saturated heterocycles. The highest BCUT2D eigenvalue weighted by Crippen LogP contribution is 2.17. The van der Waals surface area contributed by atoms with Gasteiger partial charge in [-0.15, -0.1) is 24.0 Å². The first-order chi connectivity index (χ1) is 14.5. The predicted octanol–water partition coefficient (Wildman–Crippen LogP) is 0.816. The fraction of sp³-hybridized carbons (Fsp3) is 0.789. The van der Waals surface area contributed by atoms with E-state index in [1.807, 2.05) is 0 Å². The molecule has 0 aromatic carbocycles. The third-order valence-electron chi connectivity index (χ3n) is 5.62. The van der Waals surface area contributed by atoms with Crippen LogP contribution < -0.4 is 5.32 Å². The number of aliphatic imine (C=N–C) groups is 1. The Labute approximate surface area is 202 Å². The van der Waals surface area contributed by atoms with Gasteiger partial charge in [-0.3, -0.25) is 9.89 Å². The third-order valence-corrected chi connectivity index (χ3v) is 7.43. The van der Waals surface area contributed by atoms with Crippen LogP contribution in [0, 0.1) is 0 Å². The highest BCUT2D eigenvalue weighted by atomic mass is 127. The van der Waals surface area contributed by atoms with E-state index in [4.69, 9.17) is 14.3 Å². The van der Waals surface area contributed by atoms with E-state index in [0.29, 0.717) is 37.9 Å². The van der Waals surface area contributed by atoms with E-state index in [9.17, 15) is 8.42 Å². The zero-order valence-electron chi connectivity index (χ0n) is 18.4. The van der Waals surface area contributed by atoms with Gasteiger partial charge in [0.05, 0.1) is 18.8 Å². The Balaban J connectivity index is 0.00000341. The standard InChI is InChI=1S/C19H34N6O4S.HI/c1-3-20-19(21-15-18-5-4-7-23(18)12-14-28-2)24-8-10-25(11-9-24)30(26,27)16-17-6-13-29-22-17;/h6,13,18H,3-5,7-12,14-16H2,1-2H3,(H,20,21);1H. The number of sulfonamides is 1. The molecule has 2 aliphatic rings. The predicted molar refractivity (Wildman–Crippen MR) is 130 cm³/mol. The molecule has 10 nitrogen and oxygen atoms in total. The average Bonchev–Trinajstić information content (AvgIpc) is 3.41. The monoisotopic (exact) mass is 570 g/mol. The number of methoxy groups -OCH3 is 1. The second-order valence-electron chi connectivity index (χ2n) is 7.65. The molecule has 0 amide bonds. The fourth-order valence-corrected chi connectivity index (χ4v) is 5.42. The Morgan fingerprint density at radius 2 is 2.10 bits per heavy atom. The zero-order valence-corrected chi connectivity index (χ0v) is 21.5. The maximum Gasteiger partial charge on any atom is 0.220 e. The van der Waals surface area contributed by atoms with Crippen LogP contribution in [-0.4, -0.2) is 106 Å². The minimum atomic E-state index is -3.40. The smallest absolute Gasteiger partial charge is 0.220 e. The van der Waals surface area contributed by atoms with Crippen molar-refractivity contribution in [2.45, 2.75) is 31.6 Å². The zero-order chi connectivity index (χ0) is 21.4. The molecular weight excluding hydrogens is 535 g/mol. The summed E-state index contributed by atoms with van der Waals surface area (Å²) in [5.41, 5.74) is 0.432. The van der Waals surface area contributed by atoms with E-state index >= 15 is 0 Å². The Hall–Kier alpha value is -0.960. The largest absolute Gasteiger partial charge is 0.383 e. The molecule has 0 spiro atoms. The summed E-state index contributed by atoms with van der Waals surface area (Å²) in [6.45, 7) is 8.46. The number of hydrogen-bond acceptors (Lipinski definition) is 7. The van der Waals surface area contributed by atoms with E-state index in [-0.39, 0.29) is 29.7 Å². The van der Waals surface area contributed by atoms with Crippen LogP contribution in [0.2, 0.25) is 0 Å². The number of nitrogens with one attached hydrogen (secondary N) is 1. The molecule has 2 aliphatic heterocycles. The van der Waals surface area contributed by atoms with E-state index in [1.54, 1.807) is 13.2 Å². The van der Waals surface area contributed by atoms with Crippen molar-refractivity contribution in [2.24, 2.45) is 4.99 Å². The maximum atomic E-state index is 12.6. The Morgan fingerprint density at radius 3 is 2.74 bits per heavy atom. The molecule has 2 fully saturated rings. The van der Waals surface area contributed by atoms with Gasteiger partial charge in [0, 0.05) is 58.5 Å². The topological polar surface area (TPSA) is 104 Å². The first-order valence-corrected chi connectivity index (χ1v) is 12.3. The van der Waals surface area contributed by atoms with Crippen molar-refractivity contribution in [2.75, 3.05) is 66.1 Å². The van der Waals surface area contributed by atoms with Crippen molar-refractivity contribution in [3.05, 3.63) is 18.0 Å². The highest BCUT2D eigenvalue weighted by Gasteiger charge is 2.29. The number of halogens is 1. The SMILES string of the molecule is CCNC(=NCC1CCCN1CCOC)N1CCN(S(=O)(=O)Cc2ccon2)CC1.I. The lowest BCUT2D eigenvalue weighted by molar-refractivity contribution is 0.142. The Morgan fingerprint density at radius 1 is 1.32 bits per heavy atom. The molecule has 178 valence electrons. The summed E-state index contributed by atoms with van der Waals surface area (Å²) in [6, 6.07) is 2.03. The lowest BCUT2D eigenvalue weighted by Gasteiger charge is -2.36.